The van der Waals surface area contributed by atoms with Gasteiger partial charge in [0.25, 0.3) is 0 Å². The Balaban J connectivity index is 2.91. The van der Waals surface area contributed by atoms with E-state index in [2.05, 4.69) is 46.9 Å². The number of rotatable bonds is 5. The van der Waals surface area contributed by atoms with Crippen molar-refractivity contribution in [2.24, 2.45) is 0 Å². The lowest BCUT2D eigenvalue weighted by Crippen LogP contribution is -2.30. The third-order valence-electron chi connectivity index (χ3n) is 3.60. The van der Waals surface area contributed by atoms with E-state index in [1.54, 1.807) is 20.3 Å². The zero-order valence-electron chi connectivity index (χ0n) is 15.6. The fourth-order valence-corrected chi connectivity index (χ4v) is 6.04. The molecule has 0 aliphatic rings. The molecule has 23 heavy (non-hydrogen) atoms. The smallest absolute Gasteiger partial charge is 0.228 e. The lowest BCUT2D eigenvalue weighted by molar-refractivity contribution is -0.113. The van der Waals surface area contributed by atoms with Gasteiger partial charge in [0.1, 0.15) is 11.5 Å². The summed E-state index contributed by atoms with van der Waals surface area (Å²) in [7, 11) is 2.71. The third kappa shape index (κ3) is 5.69. The highest BCUT2D eigenvalue weighted by Gasteiger charge is 2.35. The molecule has 0 unspecified atom stereocenters. The molecule has 0 saturated carbocycles. The number of carbonyl (C=O) groups excluding carboxylic acids is 1. The van der Waals surface area contributed by atoms with Crippen LogP contribution in [-0.2, 0) is 4.79 Å². The van der Waals surface area contributed by atoms with E-state index < -0.39 is 7.92 Å². The number of carbonyl (C=O) groups is 1. The van der Waals surface area contributed by atoms with Crippen LogP contribution in [0.3, 0.4) is 0 Å². The fraction of sp³-hybridized carbons (Fsp3) is 0.611. The predicted octanol–water partition coefficient (Wildman–Crippen LogP) is 4.72. The molecular weight excluding hydrogens is 309 g/mol. The number of methoxy groups -OCH3 is 2. The van der Waals surface area contributed by atoms with Crippen LogP contribution in [0.25, 0.3) is 0 Å². The lowest BCUT2D eigenvalue weighted by Gasteiger charge is -2.41. The summed E-state index contributed by atoms with van der Waals surface area (Å²) in [6.07, 6.45) is 0.539. The van der Waals surface area contributed by atoms with Crippen molar-refractivity contribution in [1.29, 1.82) is 0 Å². The minimum atomic E-state index is -0.479. The van der Waals surface area contributed by atoms with E-state index in [9.17, 15) is 4.79 Å². The van der Waals surface area contributed by atoms with Gasteiger partial charge < -0.3 is 14.8 Å². The van der Waals surface area contributed by atoms with Gasteiger partial charge in [0.15, 0.2) is 0 Å². The van der Waals surface area contributed by atoms with Crippen molar-refractivity contribution in [3.05, 3.63) is 18.2 Å². The zero-order chi connectivity index (χ0) is 17.8. The van der Waals surface area contributed by atoms with E-state index in [-0.39, 0.29) is 16.2 Å². The van der Waals surface area contributed by atoms with Crippen molar-refractivity contribution in [2.75, 3.05) is 25.7 Å². The Kier molecular flexibility index (Phi) is 6.47. The lowest BCUT2D eigenvalue weighted by atomic mass is 10.2. The normalized spacial score (nSPS) is 12.2. The molecule has 0 aromatic heterocycles. The summed E-state index contributed by atoms with van der Waals surface area (Å²) in [5.41, 5.74) is 0.677. The Morgan fingerprint density at radius 2 is 1.61 bits per heavy atom. The molecule has 0 aliphatic carbocycles. The van der Waals surface area contributed by atoms with Crippen LogP contribution in [0.1, 0.15) is 41.5 Å². The molecular formula is C18H30NO3P. The Morgan fingerprint density at radius 1 is 1.04 bits per heavy atom. The molecule has 1 N–H and O–H groups in total. The second kappa shape index (κ2) is 7.53. The van der Waals surface area contributed by atoms with Crippen molar-refractivity contribution in [3.8, 4) is 11.5 Å². The molecule has 0 atom stereocenters. The minimum Gasteiger partial charge on any atom is -0.497 e. The first-order valence-electron chi connectivity index (χ1n) is 7.78. The van der Waals surface area contributed by atoms with Crippen LogP contribution in [0, 0.1) is 0 Å². The van der Waals surface area contributed by atoms with Gasteiger partial charge in [0.2, 0.25) is 5.91 Å². The summed E-state index contributed by atoms with van der Waals surface area (Å²) < 4.78 is 10.5. The quantitative estimate of drug-likeness (QED) is 0.790. The summed E-state index contributed by atoms with van der Waals surface area (Å²) in [6, 6.07) is 5.40. The molecule has 130 valence electrons. The summed E-state index contributed by atoms with van der Waals surface area (Å²) in [5.74, 6) is 1.34. The molecule has 0 bridgehead atoms. The van der Waals surface area contributed by atoms with Crippen LogP contribution in [-0.4, -0.2) is 36.6 Å². The molecule has 0 heterocycles. The number of hydrogen-bond donors (Lipinski definition) is 1. The van der Waals surface area contributed by atoms with Gasteiger partial charge in [0.05, 0.1) is 19.9 Å². The van der Waals surface area contributed by atoms with Gasteiger partial charge in [-0.15, -0.1) is 0 Å². The molecule has 0 aliphatic heterocycles. The van der Waals surface area contributed by atoms with Crippen LogP contribution in [0.5, 0.6) is 11.5 Å². The predicted molar refractivity (Wildman–Crippen MR) is 99.5 cm³/mol. The molecule has 4 nitrogen and oxygen atoms in total. The van der Waals surface area contributed by atoms with Gasteiger partial charge in [-0.2, -0.15) is 0 Å². The molecule has 1 amide bonds. The van der Waals surface area contributed by atoms with Crippen LogP contribution in [0.4, 0.5) is 5.69 Å². The van der Waals surface area contributed by atoms with E-state index in [4.69, 9.17) is 9.47 Å². The molecule has 0 saturated heterocycles. The first-order chi connectivity index (χ1) is 10.5. The van der Waals surface area contributed by atoms with Crippen LogP contribution in [0.2, 0.25) is 0 Å². The first kappa shape index (κ1) is 19.8. The highest BCUT2D eigenvalue weighted by atomic mass is 31.1. The summed E-state index contributed by atoms with van der Waals surface area (Å²) >= 11 is 0. The van der Waals surface area contributed by atoms with Crippen molar-refractivity contribution in [1.82, 2.24) is 0 Å². The van der Waals surface area contributed by atoms with Crippen molar-refractivity contribution in [2.45, 2.75) is 51.9 Å². The summed E-state index contributed by atoms with van der Waals surface area (Å²) in [4.78, 5) is 12.6. The number of benzene rings is 1. The van der Waals surface area contributed by atoms with Gasteiger partial charge >= 0.3 is 0 Å². The topological polar surface area (TPSA) is 47.6 Å². The maximum Gasteiger partial charge on any atom is 0.228 e. The molecule has 1 aromatic rings. The molecule has 0 spiro atoms. The fourth-order valence-electron chi connectivity index (χ4n) is 2.72. The number of nitrogens with one attached hydrogen (secondary N) is 1. The van der Waals surface area contributed by atoms with Gasteiger partial charge in [0, 0.05) is 12.2 Å². The highest BCUT2D eigenvalue weighted by Crippen LogP contribution is 2.58. The Labute approximate surface area is 141 Å². The highest BCUT2D eigenvalue weighted by molar-refractivity contribution is 7.61. The maximum atomic E-state index is 12.6. The molecule has 0 radical (unpaired) electrons. The number of hydrogen-bond acceptors (Lipinski definition) is 3. The van der Waals surface area contributed by atoms with Gasteiger partial charge in [-0.05, 0) is 22.4 Å². The van der Waals surface area contributed by atoms with E-state index in [0.717, 1.165) is 0 Å². The van der Waals surface area contributed by atoms with Crippen molar-refractivity contribution >= 4 is 19.5 Å². The maximum absolute atomic E-state index is 12.6. The van der Waals surface area contributed by atoms with E-state index in [1.807, 2.05) is 12.1 Å². The van der Waals surface area contributed by atoms with E-state index in [1.165, 1.54) is 0 Å². The van der Waals surface area contributed by atoms with Crippen molar-refractivity contribution in [3.63, 3.8) is 0 Å². The average Bonchev–Trinajstić information content (AvgIpc) is 2.42. The SMILES string of the molecule is COc1ccc(NC(=O)CP(C(C)(C)C)C(C)(C)C)c(OC)c1. The number of amides is 1. The average molecular weight is 339 g/mol. The van der Waals surface area contributed by atoms with Gasteiger partial charge in [-0.1, -0.05) is 49.5 Å². The number of ether oxygens (including phenoxy) is 2. The van der Waals surface area contributed by atoms with Crippen LogP contribution < -0.4 is 14.8 Å². The first-order valence-corrected chi connectivity index (χ1v) is 9.31. The second-order valence-corrected chi connectivity index (χ2v) is 11.4. The van der Waals surface area contributed by atoms with E-state index in [0.29, 0.717) is 23.3 Å². The van der Waals surface area contributed by atoms with Crippen LogP contribution >= 0.6 is 7.92 Å². The van der Waals surface area contributed by atoms with Gasteiger partial charge in [-0.3, -0.25) is 4.79 Å². The molecule has 1 rings (SSSR count). The summed E-state index contributed by atoms with van der Waals surface area (Å²) in [5, 5.41) is 3.22. The van der Waals surface area contributed by atoms with E-state index >= 15 is 0 Å². The Morgan fingerprint density at radius 3 is 2.04 bits per heavy atom. The largest absolute Gasteiger partial charge is 0.497 e. The monoisotopic (exact) mass is 339 g/mol. The second-order valence-electron chi connectivity index (χ2n) is 7.54. The Bertz CT molecular complexity index is 530. The van der Waals surface area contributed by atoms with Gasteiger partial charge in [-0.25, -0.2) is 0 Å². The standard InChI is InChI=1S/C18H30NO3P/c1-17(2,3)23(18(4,5)6)12-16(20)19-14-10-9-13(21-7)11-15(14)22-8/h9-11H,12H2,1-8H3,(H,19,20). The zero-order valence-corrected chi connectivity index (χ0v) is 16.5. The van der Waals surface area contributed by atoms with Crippen LogP contribution in [0.15, 0.2) is 18.2 Å². The van der Waals surface area contributed by atoms with Crippen molar-refractivity contribution < 1.29 is 14.3 Å². The third-order valence-corrected chi connectivity index (χ3v) is 7.45. The molecule has 0 fully saturated rings. The summed E-state index contributed by atoms with van der Waals surface area (Å²) in [6.45, 7) is 13.3. The Hall–Kier alpha value is -1.28. The minimum absolute atomic E-state index is 0.0319. The molecule has 1 aromatic carbocycles. The number of anilines is 1. The molecule has 5 heteroatoms.